The van der Waals surface area contributed by atoms with E-state index in [-0.39, 0.29) is 12.4 Å². The van der Waals surface area contributed by atoms with E-state index in [0.29, 0.717) is 16.4 Å². The van der Waals surface area contributed by atoms with Crippen LogP contribution in [0, 0.1) is 5.82 Å². The first-order valence-corrected chi connectivity index (χ1v) is 10.8. The molecular formula is C23H17BrFN3OS. The summed E-state index contributed by atoms with van der Waals surface area (Å²) in [6.07, 6.45) is 1.66. The summed E-state index contributed by atoms with van der Waals surface area (Å²) in [7, 11) is 0. The second kappa shape index (κ2) is 9.65. The van der Waals surface area contributed by atoms with E-state index in [1.54, 1.807) is 24.4 Å². The highest BCUT2D eigenvalue weighted by Crippen LogP contribution is 2.25. The molecule has 0 aliphatic carbocycles. The fourth-order valence-corrected chi connectivity index (χ4v) is 3.79. The number of nitrogens with zero attached hydrogens (tertiary/aromatic N) is 2. The number of thiazole rings is 1. The van der Waals surface area contributed by atoms with E-state index in [1.807, 2.05) is 53.9 Å². The van der Waals surface area contributed by atoms with Crippen LogP contribution in [0.3, 0.4) is 0 Å². The van der Waals surface area contributed by atoms with Gasteiger partial charge in [-0.3, -0.25) is 5.43 Å². The topological polar surface area (TPSA) is 46.5 Å². The van der Waals surface area contributed by atoms with Gasteiger partial charge in [-0.05, 0) is 24.3 Å². The van der Waals surface area contributed by atoms with Crippen LogP contribution >= 0.6 is 27.3 Å². The van der Waals surface area contributed by atoms with Crippen LogP contribution in [-0.4, -0.2) is 11.2 Å². The minimum absolute atomic E-state index is 0.134. The van der Waals surface area contributed by atoms with Gasteiger partial charge >= 0.3 is 0 Å². The Balaban J connectivity index is 1.45. The van der Waals surface area contributed by atoms with Gasteiger partial charge in [0.05, 0.1) is 11.9 Å². The molecule has 0 saturated carbocycles. The molecule has 0 amide bonds. The van der Waals surface area contributed by atoms with E-state index in [2.05, 4.69) is 31.4 Å². The Morgan fingerprint density at radius 2 is 1.87 bits per heavy atom. The Bertz CT molecular complexity index is 1160. The van der Waals surface area contributed by atoms with Gasteiger partial charge in [0.2, 0.25) is 5.13 Å². The van der Waals surface area contributed by atoms with E-state index in [9.17, 15) is 4.39 Å². The highest BCUT2D eigenvalue weighted by Gasteiger charge is 2.07. The third-order valence-electron chi connectivity index (χ3n) is 4.25. The van der Waals surface area contributed by atoms with Gasteiger partial charge in [-0.25, -0.2) is 9.37 Å². The van der Waals surface area contributed by atoms with E-state index >= 15 is 0 Å². The maximum atomic E-state index is 13.8. The minimum atomic E-state index is -0.288. The van der Waals surface area contributed by atoms with Crippen LogP contribution in [0.4, 0.5) is 9.52 Å². The van der Waals surface area contributed by atoms with Crippen molar-refractivity contribution in [2.24, 2.45) is 5.10 Å². The number of aromatic nitrogens is 1. The Hall–Kier alpha value is -3.03. The summed E-state index contributed by atoms with van der Waals surface area (Å²) < 4.78 is 20.6. The van der Waals surface area contributed by atoms with E-state index < -0.39 is 0 Å². The summed E-state index contributed by atoms with van der Waals surface area (Å²) in [5, 5.41) is 6.96. The lowest BCUT2D eigenvalue weighted by atomic mass is 10.2. The van der Waals surface area contributed by atoms with Crippen LogP contribution in [0.25, 0.3) is 11.3 Å². The molecule has 4 aromatic rings. The fourth-order valence-electron chi connectivity index (χ4n) is 2.75. The Kier molecular flexibility index (Phi) is 6.51. The molecule has 0 unspecified atom stereocenters. The number of hydrogen-bond donors (Lipinski definition) is 1. The van der Waals surface area contributed by atoms with Gasteiger partial charge in [0.15, 0.2) is 0 Å². The lowest BCUT2D eigenvalue weighted by Gasteiger charge is -2.10. The molecule has 7 heteroatoms. The molecule has 0 aliphatic heterocycles. The summed E-state index contributed by atoms with van der Waals surface area (Å²) in [6.45, 7) is 0.134. The van der Waals surface area contributed by atoms with Gasteiger partial charge < -0.3 is 4.74 Å². The number of nitrogens with one attached hydrogen (secondary N) is 1. The van der Waals surface area contributed by atoms with Crippen molar-refractivity contribution in [3.63, 3.8) is 0 Å². The molecule has 4 nitrogen and oxygen atoms in total. The molecule has 1 N–H and O–H groups in total. The molecule has 1 aromatic heterocycles. The van der Waals surface area contributed by atoms with Crippen LogP contribution in [0.5, 0.6) is 5.75 Å². The van der Waals surface area contributed by atoms with Gasteiger partial charge in [0.1, 0.15) is 18.2 Å². The van der Waals surface area contributed by atoms with Crippen LogP contribution in [-0.2, 0) is 6.61 Å². The van der Waals surface area contributed by atoms with Crippen molar-refractivity contribution in [1.82, 2.24) is 4.98 Å². The number of anilines is 1. The predicted octanol–water partition coefficient (Wildman–Crippen LogP) is 6.74. The molecule has 30 heavy (non-hydrogen) atoms. The summed E-state index contributed by atoms with van der Waals surface area (Å²) in [6, 6.07) is 22.1. The third-order valence-corrected chi connectivity index (χ3v) is 5.49. The normalized spacial score (nSPS) is 11.0. The molecule has 150 valence electrons. The van der Waals surface area contributed by atoms with Crippen molar-refractivity contribution in [1.29, 1.82) is 0 Å². The molecule has 0 atom stereocenters. The van der Waals surface area contributed by atoms with Crippen LogP contribution < -0.4 is 10.2 Å². The Morgan fingerprint density at radius 1 is 1.07 bits per heavy atom. The monoisotopic (exact) mass is 481 g/mol. The molecular weight excluding hydrogens is 465 g/mol. The average molecular weight is 482 g/mol. The first kappa shape index (κ1) is 20.3. The lowest BCUT2D eigenvalue weighted by Crippen LogP contribution is -2.01. The third kappa shape index (κ3) is 5.11. The van der Waals surface area contributed by atoms with E-state index in [1.165, 1.54) is 17.4 Å². The summed E-state index contributed by atoms with van der Waals surface area (Å²) >= 11 is 4.94. The maximum absolute atomic E-state index is 13.8. The fraction of sp³-hybridized carbons (Fsp3) is 0.0435. The number of hydrazone groups is 1. The zero-order valence-corrected chi connectivity index (χ0v) is 18.2. The predicted molar refractivity (Wildman–Crippen MR) is 124 cm³/mol. The van der Waals surface area contributed by atoms with Gasteiger partial charge in [-0.2, -0.15) is 5.10 Å². The number of benzene rings is 3. The first-order valence-electron chi connectivity index (χ1n) is 9.15. The number of hydrogen-bond acceptors (Lipinski definition) is 5. The van der Waals surface area contributed by atoms with Crippen LogP contribution in [0.1, 0.15) is 11.1 Å². The van der Waals surface area contributed by atoms with Crippen molar-refractivity contribution >= 4 is 38.6 Å². The molecule has 0 bridgehead atoms. The zero-order chi connectivity index (χ0) is 20.8. The highest BCUT2D eigenvalue weighted by molar-refractivity contribution is 9.10. The average Bonchev–Trinajstić information content (AvgIpc) is 3.24. The lowest BCUT2D eigenvalue weighted by molar-refractivity contribution is 0.299. The molecule has 0 radical (unpaired) electrons. The SMILES string of the molecule is Fc1ccccc1COc1ccc(Br)cc1C=NNc1nc(-c2ccccc2)cs1. The van der Waals surface area contributed by atoms with Gasteiger partial charge in [0, 0.05) is 26.5 Å². The molecule has 3 aromatic carbocycles. The number of ether oxygens (including phenoxy) is 1. The molecule has 1 heterocycles. The maximum Gasteiger partial charge on any atom is 0.203 e. The molecule has 0 aliphatic rings. The highest BCUT2D eigenvalue weighted by atomic mass is 79.9. The second-order valence-corrected chi connectivity index (χ2v) is 8.11. The smallest absolute Gasteiger partial charge is 0.203 e. The van der Waals surface area contributed by atoms with Gasteiger partial charge in [-0.1, -0.05) is 64.5 Å². The first-order chi connectivity index (χ1) is 14.7. The zero-order valence-electron chi connectivity index (χ0n) is 15.8. The minimum Gasteiger partial charge on any atom is -0.488 e. The Labute approximate surface area is 186 Å². The van der Waals surface area contributed by atoms with Crippen LogP contribution in [0.2, 0.25) is 0 Å². The number of halogens is 2. The molecule has 0 saturated heterocycles. The van der Waals surface area contributed by atoms with Crippen molar-refractivity contribution in [2.75, 3.05) is 5.43 Å². The molecule has 0 fully saturated rings. The summed E-state index contributed by atoms with van der Waals surface area (Å²) in [5.41, 5.74) is 6.17. The van der Waals surface area contributed by atoms with Gasteiger partial charge in [-0.15, -0.1) is 11.3 Å². The summed E-state index contributed by atoms with van der Waals surface area (Å²) in [4.78, 5) is 4.55. The van der Waals surface area contributed by atoms with E-state index in [0.717, 1.165) is 21.3 Å². The summed E-state index contributed by atoms with van der Waals surface area (Å²) in [5.74, 6) is 0.320. The second-order valence-electron chi connectivity index (χ2n) is 6.34. The number of rotatable bonds is 7. The van der Waals surface area contributed by atoms with Crippen molar-refractivity contribution in [3.05, 3.63) is 99.6 Å². The Morgan fingerprint density at radius 3 is 2.70 bits per heavy atom. The van der Waals surface area contributed by atoms with Crippen molar-refractivity contribution < 1.29 is 9.13 Å². The van der Waals surface area contributed by atoms with E-state index in [4.69, 9.17) is 4.74 Å². The molecule has 0 spiro atoms. The van der Waals surface area contributed by atoms with Crippen molar-refractivity contribution in [3.8, 4) is 17.0 Å². The van der Waals surface area contributed by atoms with Gasteiger partial charge in [0.25, 0.3) is 0 Å². The standard InChI is InChI=1S/C23H17BrFN3OS/c24-19-10-11-22(29-14-17-8-4-5-9-20(17)25)18(12-19)13-26-28-23-27-21(15-30-23)16-6-2-1-3-7-16/h1-13,15H,14H2,(H,27,28). The quantitative estimate of drug-likeness (QED) is 0.235. The molecule has 4 rings (SSSR count). The van der Waals surface area contributed by atoms with Crippen molar-refractivity contribution in [2.45, 2.75) is 6.61 Å². The largest absolute Gasteiger partial charge is 0.488 e. The van der Waals surface area contributed by atoms with Crippen LogP contribution in [0.15, 0.2) is 87.8 Å².